The van der Waals surface area contributed by atoms with Crippen molar-refractivity contribution >= 4 is 34.1 Å². The van der Waals surface area contributed by atoms with Crippen LogP contribution in [-0.2, 0) is 11.2 Å². The van der Waals surface area contributed by atoms with Crippen molar-refractivity contribution in [1.82, 2.24) is 9.97 Å². The molecule has 2 aromatic rings. The monoisotopic (exact) mass is 374 g/mol. The molecule has 2 heterocycles. The smallest absolute Gasteiger partial charge is 0.239 e. The maximum atomic E-state index is 12.5. The van der Waals surface area contributed by atoms with Crippen molar-refractivity contribution in [3.05, 3.63) is 34.5 Å². The van der Waals surface area contributed by atoms with Gasteiger partial charge in [-0.3, -0.25) is 4.79 Å². The molecular formula is C18H22N4OS2. The van der Waals surface area contributed by atoms with Crippen LogP contribution >= 0.6 is 23.1 Å². The Hall–Kier alpha value is -1.91. The van der Waals surface area contributed by atoms with Gasteiger partial charge < -0.3 is 5.32 Å². The molecule has 132 valence electrons. The van der Waals surface area contributed by atoms with Gasteiger partial charge in [-0.05, 0) is 38.3 Å². The first-order valence-electron chi connectivity index (χ1n) is 8.37. The highest BCUT2D eigenvalue weighted by molar-refractivity contribution is 8.00. The van der Waals surface area contributed by atoms with Crippen molar-refractivity contribution in [1.29, 1.82) is 5.26 Å². The molecule has 1 atom stereocenters. The molecule has 1 amide bonds. The lowest BCUT2D eigenvalue weighted by atomic mass is 10.2. The van der Waals surface area contributed by atoms with Crippen LogP contribution in [-0.4, -0.2) is 21.1 Å². The van der Waals surface area contributed by atoms with Gasteiger partial charge in [-0.15, -0.1) is 11.3 Å². The van der Waals surface area contributed by atoms with E-state index in [-0.39, 0.29) is 11.2 Å². The van der Waals surface area contributed by atoms with Gasteiger partial charge in [-0.2, -0.15) is 5.26 Å². The first-order valence-corrected chi connectivity index (χ1v) is 10.1. The number of hydrogen-bond donors (Lipinski definition) is 1. The summed E-state index contributed by atoms with van der Waals surface area (Å²) in [6, 6.07) is 5.88. The molecule has 1 N–H and O–H groups in total. The number of anilines is 1. The molecule has 1 unspecified atom stereocenters. The van der Waals surface area contributed by atoms with E-state index in [1.807, 2.05) is 25.3 Å². The minimum Gasteiger partial charge on any atom is -0.301 e. The molecule has 0 spiro atoms. The Kier molecular flexibility index (Phi) is 7.41. The third kappa shape index (κ3) is 5.55. The summed E-state index contributed by atoms with van der Waals surface area (Å²) < 4.78 is 0. The number of hydrogen-bond acceptors (Lipinski definition) is 6. The van der Waals surface area contributed by atoms with Crippen LogP contribution in [0.5, 0.6) is 0 Å². The summed E-state index contributed by atoms with van der Waals surface area (Å²) in [5.41, 5.74) is 2.37. The lowest BCUT2D eigenvalue weighted by Gasteiger charge is -2.14. The molecule has 0 aliphatic carbocycles. The summed E-state index contributed by atoms with van der Waals surface area (Å²) in [7, 11) is 0. The molecule has 2 rings (SSSR count). The van der Waals surface area contributed by atoms with Gasteiger partial charge in [-0.1, -0.05) is 32.0 Å². The summed E-state index contributed by atoms with van der Waals surface area (Å²) in [4.78, 5) is 21.4. The molecule has 0 fully saturated rings. The van der Waals surface area contributed by atoms with Crippen molar-refractivity contribution in [3.63, 3.8) is 0 Å². The molecular weight excluding hydrogens is 352 g/mol. The normalized spacial score (nSPS) is 11.8. The van der Waals surface area contributed by atoms with Crippen LogP contribution in [0.4, 0.5) is 5.13 Å². The largest absolute Gasteiger partial charge is 0.301 e. The van der Waals surface area contributed by atoms with E-state index in [9.17, 15) is 10.1 Å². The molecule has 7 heteroatoms. The number of rotatable bonds is 8. The first kappa shape index (κ1) is 19.4. The molecule has 0 aliphatic rings. The Bertz CT molecular complexity index is 767. The number of amides is 1. The van der Waals surface area contributed by atoms with Crippen molar-refractivity contribution in [2.75, 3.05) is 5.32 Å². The summed E-state index contributed by atoms with van der Waals surface area (Å²) in [6.07, 6.45) is 3.69. The van der Waals surface area contributed by atoms with Crippen LogP contribution in [0.3, 0.4) is 0 Å². The average molecular weight is 375 g/mol. The van der Waals surface area contributed by atoms with E-state index in [0.717, 1.165) is 30.7 Å². The number of pyridine rings is 1. The highest BCUT2D eigenvalue weighted by Gasteiger charge is 2.21. The summed E-state index contributed by atoms with van der Waals surface area (Å²) >= 11 is 2.76. The number of aromatic nitrogens is 2. The Morgan fingerprint density at radius 3 is 2.80 bits per heavy atom. The number of nitrogens with zero attached hydrogens (tertiary/aromatic N) is 3. The van der Waals surface area contributed by atoms with Gasteiger partial charge in [0.25, 0.3) is 0 Å². The number of carbonyl (C=O) groups is 1. The van der Waals surface area contributed by atoms with Crippen LogP contribution in [0.2, 0.25) is 0 Å². The SMILES string of the molecule is CCCCc1ccc(C#N)c(SC(CC)C(=O)Nc2nc(C)cs2)n1. The molecule has 0 saturated carbocycles. The molecule has 2 aromatic heterocycles. The second kappa shape index (κ2) is 9.54. The van der Waals surface area contributed by atoms with E-state index < -0.39 is 0 Å². The Balaban J connectivity index is 2.13. The molecule has 0 aromatic carbocycles. The van der Waals surface area contributed by atoms with E-state index in [4.69, 9.17) is 0 Å². The standard InChI is InChI=1S/C18H22N4OS2/c1-4-6-7-14-9-8-13(10-19)17(21-14)25-15(5-2)16(23)22-18-20-12(3)11-24-18/h8-9,11,15H,4-7H2,1-3H3,(H,20,22,23). The van der Waals surface area contributed by atoms with E-state index in [2.05, 4.69) is 28.3 Å². The second-order valence-corrected chi connectivity index (χ2v) is 7.72. The van der Waals surface area contributed by atoms with Crippen molar-refractivity contribution in [2.45, 2.75) is 56.7 Å². The number of nitrogens with one attached hydrogen (secondary N) is 1. The van der Waals surface area contributed by atoms with Crippen molar-refractivity contribution in [2.24, 2.45) is 0 Å². The fraction of sp³-hybridized carbons (Fsp3) is 0.444. The van der Waals surface area contributed by atoms with Gasteiger partial charge in [0.2, 0.25) is 5.91 Å². The van der Waals surface area contributed by atoms with Crippen LogP contribution in [0.1, 0.15) is 50.1 Å². The Labute approximate surface area is 156 Å². The Morgan fingerprint density at radius 2 is 2.20 bits per heavy atom. The van der Waals surface area contributed by atoms with Gasteiger partial charge in [0.1, 0.15) is 11.1 Å². The first-order chi connectivity index (χ1) is 12.1. The highest BCUT2D eigenvalue weighted by atomic mass is 32.2. The highest BCUT2D eigenvalue weighted by Crippen LogP contribution is 2.28. The van der Waals surface area contributed by atoms with Crippen molar-refractivity contribution < 1.29 is 4.79 Å². The van der Waals surface area contributed by atoms with Gasteiger partial charge >= 0.3 is 0 Å². The number of thiazole rings is 1. The van der Waals surface area contributed by atoms with Crippen LogP contribution in [0.15, 0.2) is 22.5 Å². The third-order valence-corrected chi connectivity index (χ3v) is 5.83. The molecule has 0 saturated heterocycles. The molecule has 0 radical (unpaired) electrons. The van der Waals surface area contributed by atoms with Crippen molar-refractivity contribution in [3.8, 4) is 6.07 Å². The summed E-state index contributed by atoms with van der Waals surface area (Å²) in [5, 5.41) is 15.0. The molecule has 0 bridgehead atoms. The fourth-order valence-corrected chi connectivity index (χ4v) is 3.91. The van der Waals surface area contributed by atoms with Crippen LogP contribution in [0.25, 0.3) is 0 Å². The van der Waals surface area contributed by atoms with Gasteiger partial charge in [0.15, 0.2) is 5.13 Å². The number of nitriles is 1. The maximum absolute atomic E-state index is 12.5. The lowest BCUT2D eigenvalue weighted by molar-refractivity contribution is -0.115. The van der Waals surface area contributed by atoms with E-state index in [1.54, 1.807) is 6.07 Å². The molecule has 25 heavy (non-hydrogen) atoms. The number of thioether (sulfide) groups is 1. The van der Waals surface area contributed by atoms with E-state index >= 15 is 0 Å². The zero-order valence-corrected chi connectivity index (χ0v) is 16.3. The maximum Gasteiger partial charge on any atom is 0.239 e. The van der Waals surface area contributed by atoms with E-state index in [1.165, 1.54) is 23.1 Å². The van der Waals surface area contributed by atoms with E-state index in [0.29, 0.717) is 22.1 Å². The van der Waals surface area contributed by atoms with Gasteiger partial charge in [0.05, 0.1) is 16.5 Å². The zero-order chi connectivity index (χ0) is 18.2. The lowest BCUT2D eigenvalue weighted by Crippen LogP contribution is -2.24. The summed E-state index contributed by atoms with van der Waals surface area (Å²) in [5.74, 6) is -0.105. The predicted octanol–water partition coefficient (Wildman–Crippen LogP) is 4.57. The minimum absolute atomic E-state index is 0.105. The molecule has 5 nitrogen and oxygen atoms in total. The van der Waals surface area contributed by atoms with Crippen LogP contribution < -0.4 is 5.32 Å². The Morgan fingerprint density at radius 1 is 1.40 bits per heavy atom. The predicted molar refractivity (Wildman–Crippen MR) is 103 cm³/mol. The molecule has 0 aliphatic heterocycles. The quantitative estimate of drug-likeness (QED) is 0.685. The van der Waals surface area contributed by atoms with Gasteiger partial charge in [0, 0.05) is 11.1 Å². The second-order valence-electron chi connectivity index (χ2n) is 5.67. The number of carbonyl (C=O) groups excluding carboxylic acids is 1. The number of aryl methyl sites for hydroxylation is 2. The van der Waals surface area contributed by atoms with Gasteiger partial charge in [-0.25, -0.2) is 9.97 Å². The minimum atomic E-state index is -0.315. The van der Waals surface area contributed by atoms with Crippen LogP contribution in [0, 0.1) is 18.3 Å². The fourth-order valence-electron chi connectivity index (χ4n) is 2.21. The zero-order valence-electron chi connectivity index (χ0n) is 14.7. The average Bonchev–Trinajstić information content (AvgIpc) is 3.02. The summed E-state index contributed by atoms with van der Waals surface area (Å²) in [6.45, 7) is 5.98. The topological polar surface area (TPSA) is 78.7 Å². The third-order valence-electron chi connectivity index (χ3n) is 3.59. The number of unbranched alkanes of at least 4 members (excludes halogenated alkanes) is 1.